The highest BCUT2D eigenvalue weighted by atomic mass is 32.2. The van der Waals surface area contributed by atoms with Crippen LogP contribution in [0, 0.1) is 5.41 Å². The average Bonchev–Trinajstić information content (AvgIpc) is 2.59. The number of aromatic nitrogens is 1. The second kappa shape index (κ2) is 4.53. The Balaban J connectivity index is 2.42. The summed E-state index contributed by atoms with van der Waals surface area (Å²) in [4.78, 5) is 27.5. The van der Waals surface area contributed by atoms with E-state index >= 15 is 0 Å². The smallest absolute Gasteiger partial charge is 0.285 e. The van der Waals surface area contributed by atoms with Crippen LogP contribution in [0.4, 0.5) is 0 Å². The van der Waals surface area contributed by atoms with Gasteiger partial charge in [-0.3, -0.25) is 15.0 Å². The van der Waals surface area contributed by atoms with Gasteiger partial charge in [-0.25, -0.2) is 15.1 Å². The van der Waals surface area contributed by atoms with Gasteiger partial charge in [-0.1, -0.05) is 0 Å². The number of hydrogen-bond donors (Lipinski definition) is 2. The van der Waals surface area contributed by atoms with Crippen molar-refractivity contribution in [2.24, 2.45) is 11.3 Å². The van der Waals surface area contributed by atoms with Gasteiger partial charge < -0.3 is 0 Å². The Morgan fingerprint density at radius 1 is 1.50 bits per heavy atom. The predicted molar refractivity (Wildman–Crippen MR) is 68.6 cm³/mol. The lowest BCUT2D eigenvalue weighted by atomic mass is 9.92. The zero-order valence-electron chi connectivity index (χ0n) is 11.0. The number of nitrogens with two attached hydrogens (primary N) is 1. The van der Waals surface area contributed by atoms with Crippen LogP contribution >= 0.6 is 0 Å². The SMILES string of the molecule is CC(C)(CN1C(=O)c2cccnc2S1(=O)=O)C(=O)NN. The van der Waals surface area contributed by atoms with Gasteiger partial charge in [0.05, 0.1) is 17.5 Å². The van der Waals surface area contributed by atoms with Crippen molar-refractivity contribution >= 4 is 21.8 Å². The fourth-order valence-corrected chi connectivity index (χ4v) is 3.54. The number of amides is 2. The third-order valence-electron chi connectivity index (χ3n) is 3.05. The Labute approximate surface area is 116 Å². The Hall–Kier alpha value is -2.00. The number of sulfonamides is 1. The van der Waals surface area contributed by atoms with Crippen LogP contribution < -0.4 is 11.3 Å². The Bertz CT molecular complexity index is 683. The fraction of sp³-hybridized carbons (Fsp3) is 0.364. The van der Waals surface area contributed by atoms with Crippen molar-refractivity contribution in [2.45, 2.75) is 18.9 Å². The maximum atomic E-state index is 12.3. The number of hydrazine groups is 1. The van der Waals surface area contributed by atoms with Crippen LogP contribution in [0.25, 0.3) is 0 Å². The van der Waals surface area contributed by atoms with Crippen LogP contribution in [0.5, 0.6) is 0 Å². The molecule has 0 spiro atoms. The van der Waals surface area contributed by atoms with E-state index in [4.69, 9.17) is 5.84 Å². The summed E-state index contributed by atoms with van der Waals surface area (Å²) in [6, 6.07) is 2.87. The molecule has 0 aliphatic carbocycles. The maximum Gasteiger partial charge on any atom is 0.285 e. The van der Waals surface area contributed by atoms with Gasteiger partial charge in [-0.2, -0.15) is 8.42 Å². The molecule has 108 valence electrons. The molecular formula is C11H14N4O4S. The van der Waals surface area contributed by atoms with Crippen molar-refractivity contribution in [2.75, 3.05) is 6.54 Å². The van der Waals surface area contributed by atoms with Gasteiger partial charge in [0.1, 0.15) is 0 Å². The number of fused-ring (bicyclic) bond motifs is 1. The van der Waals surface area contributed by atoms with Crippen molar-refractivity contribution in [3.63, 3.8) is 0 Å². The highest BCUT2D eigenvalue weighted by Gasteiger charge is 2.46. The van der Waals surface area contributed by atoms with Crippen LogP contribution in [-0.2, 0) is 14.8 Å². The van der Waals surface area contributed by atoms with Crippen LogP contribution in [0.2, 0.25) is 0 Å². The molecule has 1 aliphatic rings. The number of hydrogen-bond acceptors (Lipinski definition) is 6. The van der Waals surface area contributed by atoms with Crippen molar-refractivity contribution in [1.29, 1.82) is 0 Å². The summed E-state index contributed by atoms with van der Waals surface area (Å²) in [6.45, 7) is 2.68. The third kappa shape index (κ3) is 2.04. The molecular weight excluding hydrogens is 284 g/mol. The maximum absolute atomic E-state index is 12.3. The first kappa shape index (κ1) is 14.4. The van der Waals surface area contributed by atoms with Gasteiger partial charge in [0, 0.05) is 6.20 Å². The predicted octanol–water partition coefficient (Wildman–Crippen LogP) is -0.758. The molecule has 9 heteroatoms. The molecule has 2 heterocycles. The quantitative estimate of drug-likeness (QED) is 0.430. The third-order valence-corrected chi connectivity index (χ3v) is 4.74. The Morgan fingerprint density at radius 3 is 2.70 bits per heavy atom. The first-order chi connectivity index (χ1) is 9.21. The first-order valence-electron chi connectivity index (χ1n) is 5.75. The van der Waals surface area contributed by atoms with Crippen molar-refractivity contribution in [3.05, 3.63) is 23.9 Å². The van der Waals surface area contributed by atoms with E-state index in [1.165, 1.54) is 32.2 Å². The number of rotatable bonds is 3. The summed E-state index contributed by atoms with van der Waals surface area (Å²) in [5.41, 5.74) is 0.813. The second-order valence-electron chi connectivity index (χ2n) is 5.03. The molecule has 3 N–H and O–H groups in total. The van der Waals surface area contributed by atoms with E-state index in [0.29, 0.717) is 4.31 Å². The lowest BCUT2D eigenvalue weighted by Crippen LogP contribution is -2.48. The molecule has 1 aromatic heterocycles. The number of carbonyl (C=O) groups is 2. The van der Waals surface area contributed by atoms with Gasteiger partial charge in [0.15, 0.2) is 5.03 Å². The van der Waals surface area contributed by atoms with Gasteiger partial charge in [-0.15, -0.1) is 0 Å². The van der Waals surface area contributed by atoms with Crippen molar-refractivity contribution < 1.29 is 18.0 Å². The van der Waals surface area contributed by atoms with E-state index < -0.39 is 27.3 Å². The summed E-state index contributed by atoms with van der Waals surface area (Å²) in [7, 11) is -4.02. The van der Waals surface area contributed by atoms with E-state index in [2.05, 4.69) is 4.98 Å². The van der Waals surface area contributed by atoms with Crippen LogP contribution in [-0.4, -0.2) is 36.1 Å². The van der Waals surface area contributed by atoms with Crippen LogP contribution in [0.3, 0.4) is 0 Å². The van der Waals surface area contributed by atoms with Gasteiger partial charge >= 0.3 is 0 Å². The molecule has 2 rings (SSSR count). The summed E-state index contributed by atoms with van der Waals surface area (Å²) >= 11 is 0. The molecule has 0 fully saturated rings. The van der Waals surface area contributed by atoms with Gasteiger partial charge in [0.2, 0.25) is 5.91 Å². The minimum Gasteiger partial charge on any atom is -0.294 e. The summed E-state index contributed by atoms with van der Waals surface area (Å²) < 4.78 is 25.2. The minimum atomic E-state index is -4.02. The van der Waals surface area contributed by atoms with E-state index in [-0.39, 0.29) is 17.1 Å². The molecule has 1 aliphatic heterocycles. The van der Waals surface area contributed by atoms with E-state index in [1.54, 1.807) is 0 Å². The molecule has 8 nitrogen and oxygen atoms in total. The lowest BCUT2D eigenvalue weighted by Gasteiger charge is -2.27. The molecule has 0 saturated carbocycles. The zero-order chi connectivity index (χ0) is 15.1. The number of pyridine rings is 1. The standard InChI is InChI=1S/C11H14N4O4S/c1-11(2,10(17)14-12)6-15-9(16)7-4-3-5-13-8(7)20(15,18)19/h3-5H,6,12H2,1-2H3,(H,14,17). The average molecular weight is 298 g/mol. The molecule has 1 aromatic rings. The zero-order valence-corrected chi connectivity index (χ0v) is 11.8. The fourth-order valence-electron chi connectivity index (χ4n) is 1.89. The normalized spacial score (nSPS) is 16.9. The summed E-state index contributed by atoms with van der Waals surface area (Å²) in [5, 5.41) is -0.283. The number of carbonyl (C=O) groups excluding carboxylic acids is 2. The molecule has 0 saturated heterocycles. The Morgan fingerprint density at radius 2 is 2.15 bits per heavy atom. The molecule has 20 heavy (non-hydrogen) atoms. The van der Waals surface area contributed by atoms with Crippen LogP contribution in [0.1, 0.15) is 24.2 Å². The molecule has 0 aromatic carbocycles. The topological polar surface area (TPSA) is 122 Å². The second-order valence-corrected chi connectivity index (χ2v) is 6.81. The van der Waals surface area contributed by atoms with Gasteiger partial charge in [-0.05, 0) is 26.0 Å². The molecule has 0 bridgehead atoms. The summed E-state index contributed by atoms with van der Waals surface area (Å²) in [6.07, 6.45) is 1.30. The lowest BCUT2D eigenvalue weighted by molar-refractivity contribution is -0.129. The van der Waals surface area contributed by atoms with Crippen LogP contribution in [0.15, 0.2) is 23.4 Å². The molecule has 2 amide bonds. The van der Waals surface area contributed by atoms with E-state index in [0.717, 1.165) is 0 Å². The Kier molecular flexibility index (Phi) is 3.26. The molecule has 0 atom stereocenters. The molecule has 0 unspecified atom stereocenters. The van der Waals surface area contributed by atoms with E-state index in [1.807, 2.05) is 5.43 Å². The highest BCUT2D eigenvalue weighted by Crippen LogP contribution is 2.31. The number of nitrogens with one attached hydrogen (secondary N) is 1. The van der Waals surface area contributed by atoms with Gasteiger partial charge in [0.25, 0.3) is 15.9 Å². The summed E-state index contributed by atoms with van der Waals surface area (Å²) in [5.74, 6) is 3.80. The largest absolute Gasteiger partial charge is 0.294 e. The molecule has 0 radical (unpaired) electrons. The monoisotopic (exact) mass is 298 g/mol. The van der Waals surface area contributed by atoms with E-state index in [9.17, 15) is 18.0 Å². The number of nitrogens with zero attached hydrogens (tertiary/aromatic N) is 2. The first-order valence-corrected chi connectivity index (χ1v) is 7.19. The highest BCUT2D eigenvalue weighted by molar-refractivity contribution is 7.90. The van der Waals surface area contributed by atoms with Crippen molar-refractivity contribution in [3.8, 4) is 0 Å². The van der Waals surface area contributed by atoms with Crippen molar-refractivity contribution in [1.82, 2.24) is 14.7 Å². The minimum absolute atomic E-state index is 0.0106.